The van der Waals surface area contributed by atoms with Crippen LogP contribution in [0.4, 0.5) is 10.1 Å². The Morgan fingerprint density at radius 1 is 1.03 bits per heavy atom. The number of halogens is 1. The van der Waals surface area contributed by atoms with Gasteiger partial charge in [0.1, 0.15) is 12.1 Å². The highest BCUT2D eigenvalue weighted by molar-refractivity contribution is 5.78. The van der Waals surface area contributed by atoms with Crippen LogP contribution in [0.2, 0.25) is 0 Å². The van der Waals surface area contributed by atoms with Crippen molar-refractivity contribution in [2.24, 2.45) is 5.10 Å². The number of aromatic nitrogens is 2. The van der Waals surface area contributed by atoms with E-state index in [0.717, 1.165) is 11.2 Å². The van der Waals surface area contributed by atoms with Crippen LogP contribution in [0.25, 0.3) is 16.7 Å². The second-order valence-electron chi connectivity index (χ2n) is 4.44. The standard InChI is InChI=1S/C14H10FN3O.C2H6N2.3C2H6/c15-10-1-6-14-13(7-10)16-8-18(14)12-4-2-11(3-5-12)17-9-19;1-3-4-2;3*1-2/h1-9H,(H,17,19);4H,1H2,2H3;3*1-2H3. The molecule has 0 aliphatic heterocycles. The number of benzene rings is 2. The fourth-order valence-electron chi connectivity index (χ4n) is 1.98. The van der Waals surface area contributed by atoms with Crippen LogP contribution in [0.5, 0.6) is 0 Å². The van der Waals surface area contributed by atoms with E-state index < -0.39 is 0 Å². The second kappa shape index (κ2) is 18.2. The molecule has 0 saturated heterocycles. The van der Waals surface area contributed by atoms with Crippen LogP contribution < -0.4 is 10.7 Å². The van der Waals surface area contributed by atoms with Crippen molar-refractivity contribution in [3.05, 3.63) is 54.6 Å². The molecule has 0 saturated carbocycles. The fourth-order valence-corrected chi connectivity index (χ4v) is 1.98. The number of fused-ring (bicyclic) bond motifs is 1. The van der Waals surface area contributed by atoms with E-state index in [1.807, 2.05) is 58.2 Å². The first kappa shape index (κ1) is 28.0. The van der Waals surface area contributed by atoms with Crippen LogP contribution in [-0.4, -0.2) is 29.7 Å². The monoisotopic (exact) mass is 403 g/mol. The van der Waals surface area contributed by atoms with E-state index in [1.165, 1.54) is 12.1 Å². The first-order chi connectivity index (χ1) is 14.2. The Morgan fingerprint density at radius 2 is 1.59 bits per heavy atom. The highest BCUT2D eigenvalue weighted by atomic mass is 19.1. The van der Waals surface area contributed by atoms with Crippen molar-refractivity contribution in [1.29, 1.82) is 0 Å². The van der Waals surface area contributed by atoms with Crippen molar-refractivity contribution in [3.63, 3.8) is 0 Å². The predicted octanol–water partition coefficient (Wildman–Crippen LogP) is 5.63. The van der Waals surface area contributed by atoms with Gasteiger partial charge in [-0.1, -0.05) is 41.5 Å². The van der Waals surface area contributed by atoms with E-state index in [0.29, 0.717) is 17.6 Å². The molecule has 0 radical (unpaired) electrons. The largest absolute Gasteiger partial charge is 0.329 e. The zero-order valence-electron chi connectivity index (χ0n) is 18.5. The predicted molar refractivity (Wildman–Crippen MR) is 123 cm³/mol. The molecule has 2 N–H and O–H groups in total. The summed E-state index contributed by atoms with van der Waals surface area (Å²) >= 11 is 0. The third-order valence-electron chi connectivity index (χ3n) is 3.04. The Morgan fingerprint density at radius 3 is 2.07 bits per heavy atom. The SMILES string of the molecule is C=NNC.CC.CC.CC.O=CNc1ccc(-n2cnc3cc(F)ccc32)cc1. The molecule has 0 atom stereocenters. The van der Waals surface area contributed by atoms with Crippen LogP contribution in [0, 0.1) is 5.82 Å². The van der Waals surface area contributed by atoms with E-state index in [1.54, 1.807) is 31.6 Å². The zero-order valence-corrected chi connectivity index (χ0v) is 18.5. The molecule has 3 rings (SSSR count). The summed E-state index contributed by atoms with van der Waals surface area (Å²) in [7, 11) is 1.70. The lowest BCUT2D eigenvalue weighted by Crippen LogP contribution is -1.95. The molecule has 0 spiro atoms. The van der Waals surface area contributed by atoms with Crippen molar-refractivity contribution < 1.29 is 9.18 Å². The highest BCUT2D eigenvalue weighted by Crippen LogP contribution is 2.20. The topological polar surface area (TPSA) is 71.3 Å². The number of nitrogens with one attached hydrogen (secondary N) is 2. The zero-order chi connectivity index (χ0) is 22.7. The van der Waals surface area contributed by atoms with Gasteiger partial charge in [-0.05, 0) is 36.4 Å². The molecule has 0 aliphatic carbocycles. The molecule has 0 bridgehead atoms. The smallest absolute Gasteiger partial charge is 0.211 e. The maximum atomic E-state index is 13.1. The molecule has 3 aromatic rings. The summed E-state index contributed by atoms with van der Waals surface area (Å²) in [6, 6.07) is 11.8. The third kappa shape index (κ3) is 9.51. The molecular weight excluding hydrogens is 369 g/mol. The summed E-state index contributed by atoms with van der Waals surface area (Å²) in [6.45, 7) is 15.1. The van der Waals surface area contributed by atoms with E-state index in [-0.39, 0.29) is 5.82 Å². The van der Waals surface area contributed by atoms with Crippen molar-refractivity contribution in [2.45, 2.75) is 41.5 Å². The van der Waals surface area contributed by atoms with Crippen molar-refractivity contribution in [1.82, 2.24) is 15.0 Å². The van der Waals surface area contributed by atoms with Crippen molar-refractivity contribution in [2.75, 3.05) is 12.4 Å². The van der Waals surface area contributed by atoms with E-state index in [4.69, 9.17) is 0 Å². The fraction of sp³-hybridized carbons (Fsp3) is 0.318. The number of anilines is 1. The maximum absolute atomic E-state index is 13.1. The summed E-state index contributed by atoms with van der Waals surface area (Å²) in [5, 5.41) is 5.81. The lowest BCUT2D eigenvalue weighted by atomic mass is 10.2. The summed E-state index contributed by atoms with van der Waals surface area (Å²) in [4.78, 5) is 14.5. The van der Waals surface area contributed by atoms with Gasteiger partial charge < -0.3 is 10.7 Å². The van der Waals surface area contributed by atoms with Gasteiger partial charge in [0.25, 0.3) is 0 Å². The van der Waals surface area contributed by atoms with Crippen LogP contribution in [-0.2, 0) is 4.79 Å². The van der Waals surface area contributed by atoms with Gasteiger partial charge in [-0.25, -0.2) is 9.37 Å². The Kier molecular flexibility index (Phi) is 17.5. The van der Waals surface area contributed by atoms with E-state index >= 15 is 0 Å². The quantitative estimate of drug-likeness (QED) is 0.337. The number of nitrogens with zero attached hydrogens (tertiary/aromatic N) is 3. The Labute approximate surface area is 173 Å². The summed E-state index contributed by atoms with van der Waals surface area (Å²) in [6.07, 6.45) is 2.27. The van der Waals surface area contributed by atoms with Crippen LogP contribution in [0.15, 0.2) is 53.9 Å². The molecule has 1 aromatic heterocycles. The first-order valence-electron chi connectivity index (χ1n) is 9.75. The molecule has 7 heteroatoms. The number of amides is 1. The van der Waals surface area contributed by atoms with E-state index in [9.17, 15) is 9.18 Å². The van der Waals surface area contributed by atoms with Gasteiger partial charge in [0.2, 0.25) is 6.41 Å². The molecule has 0 unspecified atom stereocenters. The number of carbonyl (C=O) groups excluding carboxylic acids is 1. The Balaban J connectivity index is 0. The first-order valence-corrected chi connectivity index (χ1v) is 9.75. The Hall–Kier alpha value is -3.22. The van der Waals surface area contributed by atoms with Gasteiger partial charge in [0.15, 0.2) is 0 Å². The van der Waals surface area contributed by atoms with Gasteiger partial charge in [0.05, 0.1) is 11.0 Å². The van der Waals surface area contributed by atoms with Crippen molar-refractivity contribution in [3.8, 4) is 5.69 Å². The van der Waals surface area contributed by atoms with E-state index in [2.05, 4.69) is 27.5 Å². The average Bonchev–Trinajstić information content (AvgIpc) is 3.22. The molecule has 0 fully saturated rings. The highest BCUT2D eigenvalue weighted by Gasteiger charge is 2.05. The minimum Gasteiger partial charge on any atom is -0.329 e. The van der Waals surface area contributed by atoms with Gasteiger partial charge in [0, 0.05) is 31.2 Å². The van der Waals surface area contributed by atoms with Crippen LogP contribution >= 0.6 is 0 Å². The molecule has 160 valence electrons. The van der Waals surface area contributed by atoms with Gasteiger partial charge >= 0.3 is 0 Å². The molecule has 0 aliphatic rings. The van der Waals surface area contributed by atoms with Gasteiger partial charge in [-0.2, -0.15) is 5.10 Å². The number of hydrogen-bond acceptors (Lipinski definition) is 4. The third-order valence-corrected chi connectivity index (χ3v) is 3.04. The van der Waals surface area contributed by atoms with Crippen molar-refractivity contribution >= 4 is 29.8 Å². The molecule has 1 heterocycles. The number of hydrogen-bond donors (Lipinski definition) is 2. The minimum absolute atomic E-state index is 0.303. The maximum Gasteiger partial charge on any atom is 0.211 e. The summed E-state index contributed by atoms with van der Waals surface area (Å²) < 4.78 is 15.0. The number of imidazole rings is 1. The molecule has 6 nitrogen and oxygen atoms in total. The number of carbonyl (C=O) groups is 1. The lowest BCUT2D eigenvalue weighted by Gasteiger charge is -2.05. The molecule has 29 heavy (non-hydrogen) atoms. The lowest BCUT2D eigenvalue weighted by molar-refractivity contribution is -0.105. The summed E-state index contributed by atoms with van der Waals surface area (Å²) in [5.41, 5.74) is 5.49. The summed E-state index contributed by atoms with van der Waals surface area (Å²) in [5.74, 6) is -0.303. The Bertz CT molecular complexity index is 801. The second-order valence-corrected chi connectivity index (χ2v) is 4.44. The molecule has 2 aromatic carbocycles. The van der Waals surface area contributed by atoms with Crippen LogP contribution in [0.1, 0.15) is 41.5 Å². The number of hydrazone groups is 1. The minimum atomic E-state index is -0.303. The molecule has 1 amide bonds. The van der Waals surface area contributed by atoms with Crippen LogP contribution in [0.3, 0.4) is 0 Å². The van der Waals surface area contributed by atoms with Gasteiger partial charge in [-0.3, -0.25) is 9.36 Å². The average molecular weight is 404 g/mol. The van der Waals surface area contributed by atoms with Gasteiger partial charge in [-0.15, -0.1) is 0 Å². The molecular formula is C22H34FN5O. The number of rotatable bonds is 4. The normalized spacial score (nSPS) is 8.28.